The molecule has 0 saturated carbocycles. The van der Waals surface area contributed by atoms with Crippen molar-refractivity contribution in [2.24, 2.45) is 0 Å². The maximum atomic E-state index is 13.6. The highest BCUT2D eigenvalue weighted by Gasteiger charge is 2.21. The first-order valence-electron chi connectivity index (χ1n) is 5.07. The molecule has 0 N–H and O–H groups in total. The van der Waals surface area contributed by atoms with E-state index in [0.29, 0.717) is 0 Å². The fourth-order valence-corrected chi connectivity index (χ4v) is 1.50. The van der Waals surface area contributed by atoms with Crippen molar-refractivity contribution in [2.45, 2.75) is 19.4 Å². The number of hydrogen-bond donors (Lipinski definition) is 0. The molecule has 0 heterocycles. The number of benzene rings is 1. The van der Waals surface area contributed by atoms with Crippen molar-refractivity contribution in [3.05, 3.63) is 34.6 Å². The highest BCUT2D eigenvalue weighted by Crippen LogP contribution is 2.19. The van der Waals surface area contributed by atoms with Gasteiger partial charge in [0, 0.05) is 13.1 Å². The van der Waals surface area contributed by atoms with Gasteiger partial charge in [0.2, 0.25) is 0 Å². The standard InChI is InChI=1S/C12H12ClFN2O/c1-8(6-7-15)16(2)12(17)9-4-3-5-10(13)11(9)14/h3-5,8H,6H2,1-2H3. The number of amides is 1. The quantitative estimate of drug-likeness (QED) is 0.833. The molecule has 1 amide bonds. The molecule has 1 rings (SSSR count). The van der Waals surface area contributed by atoms with Gasteiger partial charge in [0.1, 0.15) is 0 Å². The molecular weight excluding hydrogens is 243 g/mol. The molecule has 0 spiro atoms. The Morgan fingerprint density at radius 3 is 2.88 bits per heavy atom. The van der Waals surface area contributed by atoms with Gasteiger partial charge in [-0.25, -0.2) is 4.39 Å². The molecule has 1 atom stereocenters. The van der Waals surface area contributed by atoms with Crippen LogP contribution in [0.15, 0.2) is 18.2 Å². The molecule has 90 valence electrons. The Bertz CT molecular complexity index is 470. The molecule has 0 aromatic heterocycles. The van der Waals surface area contributed by atoms with Gasteiger partial charge in [-0.3, -0.25) is 4.79 Å². The van der Waals surface area contributed by atoms with Gasteiger partial charge in [0.25, 0.3) is 5.91 Å². The average Bonchev–Trinajstić information content (AvgIpc) is 2.31. The molecule has 17 heavy (non-hydrogen) atoms. The van der Waals surface area contributed by atoms with E-state index in [-0.39, 0.29) is 23.0 Å². The first-order valence-corrected chi connectivity index (χ1v) is 5.45. The van der Waals surface area contributed by atoms with Crippen LogP contribution in [0.25, 0.3) is 0 Å². The second-order valence-electron chi connectivity index (χ2n) is 3.73. The smallest absolute Gasteiger partial charge is 0.256 e. The molecule has 1 aromatic carbocycles. The van der Waals surface area contributed by atoms with Crippen LogP contribution in [0, 0.1) is 17.1 Å². The van der Waals surface area contributed by atoms with Crippen LogP contribution in [0.4, 0.5) is 4.39 Å². The van der Waals surface area contributed by atoms with Gasteiger partial charge in [-0.1, -0.05) is 17.7 Å². The Morgan fingerprint density at radius 2 is 2.29 bits per heavy atom. The van der Waals surface area contributed by atoms with E-state index in [1.807, 2.05) is 6.07 Å². The minimum atomic E-state index is -0.727. The molecule has 1 unspecified atom stereocenters. The molecular formula is C12H12ClFN2O. The molecule has 1 aromatic rings. The SMILES string of the molecule is CC(CC#N)N(C)C(=O)c1cccc(Cl)c1F. The fourth-order valence-electron chi connectivity index (χ4n) is 1.33. The third kappa shape index (κ3) is 2.95. The second kappa shape index (κ2) is 5.65. The number of hydrogen-bond acceptors (Lipinski definition) is 2. The summed E-state index contributed by atoms with van der Waals surface area (Å²) in [6.07, 6.45) is 0.199. The Labute approximate surface area is 104 Å². The van der Waals surface area contributed by atoms with Gasteiger partial charge < -0.3 is 4.90 Å². The molecule has 0 fully saturated rings. The van der Waals surface area contributed by atoms with Crippen molar-refractivity contribution in [2.75, 3.05) is 7.05 Å². The van der Waals surface area contributed by atoms with Crippen LogP contribution < -0.4 is 0 Å². The van der Waals surface area contributed by atoms with Crippen LogP contribution in [-0.4, -0.2) is 23.9 Å². The molecule has 0 aliphatic heterocycles. The molecule has 0 saturated heterocycles. The minimum absolute atomic E-state index is 0.0789. The molecule has 3 nitrogen and oxygen atoms in total. The third-order valence-electron chi connectivity index (χ3n) is 2.55. The van der Waals surface area contributed by atoms with E-state index in [9.17, 15) is 9.18 Å². The zero-order valence-electron chi connectivity index (χ0n) is 9.58. The summed E-state index contributed by atoms with van der Waals surface area (Å²) in [7, 11) is 1.53. The van der Waals surface area contributed by atoms with Crippen molar-refractivity contribution >= 4 is 17.5 Å². The Kier molecular flexibility index (Phi) is 4.47. The largest absolute Gasteiger partial charge is 0.338 e. The van der Waals surface area contributed by atoms with Gasteiger partial charge >= 0.3 is 0 Å². The van der Waals surface area contributed by atoms with Crippen LogP contribution in [0.2, 0.25) is 5.02 Å². The van der Waals surface area contributed by atoms with E-state index >= 15 is 0 Å². The summed E-state index contributed by atoms with van der Waals surface area (Å²) in [4.78, 5) is 13.3. The molecule has 0 aliphatic carbocycles. The minimum Gasteiger partial charge on any atom is -0.338 e. The fraction of sp³-hybridized carbons (Fsp3) is 0.333. The van der Waals surface area contributed by atoms with E-state index in [1.54, 1.807) is 6.92 Å². The van der Waals surface area contributed by atoms with E-state index in [1.165, 1.54) is 30.1 Å². The van der Waals surface area contributed by atoms with Crippen molar-refractivity contribution in [1.82, 2.24) is 4.90 Å². The van der Waals surface area contributed by atoms with Crippen molar-refractivity contribution in [3.8, 4) is 6.07 Å². The summed E-state index contributed by atoms with van der Waals surface area (Å²) < 4.78 is 13.6. The van der Waals surface area contributed by atoms with E-state index < -0.39 is 11.7 Å². The predicted molar refractivity (Wildman–Crippen MR) is 63.2 cm³/mol. The maximum absolute atomic E-state index is 13.6. The molecule has 0 aliphatic rings. The van der Waals surface area contributed by atoms with Gasteiger partial charge in [-0.15, -0.1) is 0 Å². The van der Waals surface area contributed by atoms with Crippen LogP contribution in [-0.2, 0) is 0 Å². The zero-order valence-corrected chi connectivity index (χ0v) is 10.3. The van der Waals surface area contributed by atoms with Gasteiger partial charge in [-0.2, -0.15) is 5.26 Å². The topological polar surface area (TPSA) is 44.1 Å². The zero-order chi connectivity index (χ0) is 13.0. The van der Waals surface area contributed by atoms with E-state index in [0.717, 1.165) is 0 Å². The average molecular weight is 255 g/mol. The molecule has 0 bridgehead atoms. The summed E-state index contributed by atoms with van der Waals surface area (Å²) in [5, 5.41) is 8.47. The first-order chi connectivity index (χ1) is 7.99. The van der Waals surface area contributed by atoms with Crippen LogP contribution in [0.3, 0.4) is 0 Å². The van der Waals surface area contributed by atoms with Crippen LogP contribution in [0.5, 0.6) is 0 Å². The van der Waals surface area contributed by atoms with Crippen molar-refractivity contribution < 1.29 is 9.18 Å². The summed E-state index contributed by atoms with van der Waals surface area (Å²) in [5.74, 6) is -1.21. The Balaban J connectivity index is 2.97. The monoisotopic (exact) mass is 254 g/mol. The lowest BCUT2D eigenvalue weighted by Crippen LogP contribution is -2.35. The van der Waals surface area contributed by atoms with Crippen molar-refractivity contribution in [1.29, 1.82) is 5.26 Å². The summed E-state index contributed by atoms with van der Waals surface area (Å²) in [6.45, 7) is 1.73. The lowest BCUT2D eigenvalue weighted by Gasteiger charge is -2.23. The highest BCUT2D eigenvalue weighted by atomic mass is 35.5. The maximum Gasteiger partial charge on any atom is 0.256 e. The lowest BCUT2D eigenvalue weighted by molar-refractivity contribution is 0.0741. The number of carbonyl (C=O) groups is 1. The lowest BCUT2D eigenvalue weighted by atomic mass is 10.1. The second-order valence-corrected chi connectivity index (χ2v) is 4.14. The highest BCUT2D eigenvalue weighted by molar-refractivity contribution is 6.31. The Morgan fingerprint density at radius 1 is 1.65 bits per heavy atom. The number of nitrogens with zero attached hydrogens (tertiary/aromatic N) is 2. The van der Waals surface area contributed by atoms with Gasteiger partial charge in [0.15, 0.2) is 5.82 Å². The predicted octanol–water partition coefficient (Wildman–Crippen LogP) is 2.85. The molecule has 5 heteroatoms. The third-order valence-corrected chi connectivity index (χ3v) is 2.84. The summed E-state index contributed by atoms with van der Waals surface area (Å²) in [5.41, 5.74) is -0.0789. The normalized spacial score (nSPS) is 11.7. The van der Waals surface area contributed by atoms with Crippen LogP contribution >= 0.6 is 11.6 Å². The van der Waals surface area contributed by atoms with E-state index in [4.69, 9.17) is 16.9 Å². The Hall–Kier alpha value is -1.60. The van der Waals surface area contributed by atoms with Crippen molar-refractivity contribution in [3.63, 3.8) is 0 Å². The van der Waals surface area contributed by atoms with Gasteiger partial charge in [0.05, 0.1) is 23.1 Å². The summed E-state index contributed by atoms with van der Waals surface area (Å²) >= 11 is 5.61. The molecule has 0 radical (unpaired) electrons. The number of nitriles is 1. The first kappa shape index (κ1) is 13.5. The summed E-state index contributed by atoms with van der Waals surface area (Å²) in [6, 6.07) is 5.97. The van der Waals surface area contributed by atoms with Gasteiger partial charge in [-0.05, 0) is 19.1 Å². The number of rotatable bonds is 3. The van der Waals surface area contributed by atoms with Crippen LogP contribution in [0.1, 0.15) is 23.7 Å². The number of carbonyl (C=O) groups excluding carboxylic acids is 1. The van der Waals surface area contributed by atoms with E-state index in [2.05, 4.69) is 0 Å². The number of halogens is 2.